The molecule has 0 saturated carbocycles. The second-order valence-corrected chi connectivity index (χ2v) is 6.46. The molecular weight excluding hydrogens is 330 g/mol. The Morgan fingerprint density at radius 1 is 1.33 bits per heavy atom. The van der Waals surface area contributed by atoms with Crippen LogP contribution >= 0.6 is 15.9 Å². The van der Waals surface area contributed by atoms with Gasteiger partial charge in [0, 0.05) is 24.1 Å². The maximum Gasteiger partial charge on any atom is 0.222 e. The lowest BCUT2D eigenvalue weighted by Crippen LogP contribution is -2.22. The molecule has 1 aromatic heterocycles. The van der Waals surface area contributed by atoms with Gasteiger partial charge in [0.1, 0.15) is 5.75 Å². The molecule has 0 unspecified atom stereocenters. The number of nitrogens with one attached hydrogen (secondary N) is 1. The molecule has 21 heavy (non-hydrogen) atoms. The molecule has 0 spiro atoms. The van der Waals surface area contributed by atoms with Crippen LogP contribution in [0.3, 0.4) is 0 Å². The number of halogens is 1. The van der Waals surface area contributed by atoms with Crippen LogP contribution in [0.5, 0.6) is 11.6 Å². The minimum absolute atomic E-state index is 0.423. The van der Waals surface area contributed by atoms with Crippen molar-refractivity contribution in [2.24, 2.45) is 7.05 Å². The zero-order chi connectivity index (χ0) is 15.6. The van der Waals surface area contributed by atoms with Crippen molar-refractivity contribution < 1.29 is 4.74 Å². The van der Waals surface area contributed by atoms with E-state index >= 15 is 0 Å². The second-order valence-electron chi connectivity index (χ2n) is 5.54. The second kappa shape index (κ2) is 6.62. The summed E-state index contributed by atoms with van der Waals surface area (Å²) in [6, 6.07) is 6.43. The van der Waals surface area contributed by atoms with Gasteiger partial charge < -0.3 is 10.1 Å². The molecule has 1 aromatic carbocycles. The molecule has 0 radical (unpaired) electrons. The SMILES string of the molecule is Cc1cc(Br)ccc1Oc1c(CNC(C)C)c(C)nn1C. The number of ether oxygens (including phenoxy) is 1. The normalized spacial score (nSPS) is 11.2. The van der Waals surface area contributed by atoms with Gasteiger partial charge in [-0.1, -0.05) is 29.8 Å². The number of benzene rings is 1. The standard InChI is InChI=1S/C16H22BrN3O/c1-10(2)18-9-14-12(4)19-20(5)16(14)21-15-7-6-13(17)8-11(15)3/h6-8,10,18H,9H2,1-5H3. The first-order valence-corrected chi connectivity index (χ1v) is 7.87. The summed E-state index contributed by atoms with van der Waals surface area (Å²) < 4.78 is 8.97. The summed E-state index contributed by atoms with van der Waals surface area (Å²) >= 11 is 3.47. The first-order chi connectivity index (χ1) is 9.88. The minimum atomic E-state index is 0.423. The van der Waals surface area contributed by atoms with Gasteiger partial charge in [0.05, 0.1) is 11.3 Å². The van der Waals surface area contributed by atoms with Crippen LogP contribution in [-0.4, -0.2) is 15.8 Å². The largest absolute Gasteiger partial charge is 0.439 e. The number of aryl methyl sites for hydroxylation is 3. The predicted molar refractivity (Wildman–Crippen MR) is 88.9 cm³/mol. The zero-order valence-electron chi connectivity index (χ0n) is 13.2. The van der Waals surface area contributed by atoms with Crippen molar-refractivity contribution in [1.82, 2.24) is 15.1 Å². The van der Waals surface area contributed by atoms with Crippen molar-refractivity contribution >= 4 is 15.9 Å². The minimum Gasteiger partial charge on any atom is -0.439 e. The van der Waals surface area contributed by atoms with Gasteiger partial charge in [0.15, 0.2) is 0 Å². The first-order valence-electron chi connectivity index (χ1n) is 7.08. The molecule has 0 fully saturated rings. The van der Waals surface area contributed by atoms with E-state index in [4.69, 9.17) is 4.74 Å². The zero-order valence-corrected chi connectivity index (χ0v) is 14.8. The quantitative estimate of drug-likeness (QED) is 0.881. The highest BCUT2D eigenvalue weighted by atomic mass is 79.9. The lowest BCUT2D eigenvalue weighted by Gasteiger charge is -2.13. The third-order valence-electron chi connectivity index (χ3n) is 3.32. The third-order valence-corrected chi connectivity index (χ3v) is 3.81. The van der Waals surface area contributed by atoms with Crippen LogP contribution in [0, 0.1) is 13.8 Å². The number of rotatable bonds is 5. The molecule has 0 aliphatic carbocycles. The Bertz CT molecular complexity index is 635. The first kappa shape index (κ1) is 16.0. The van der Waals surface area contributed by atoms with Crippen molar-refractivity contribution in [2.75, 3.05) is 0 Å². The van der Waals surface area contributed by atoms with Gasteiger partial charge in [0.25, 0.3) is 0 Å². The molecule has 0 aliphatic heterocycles. The monoisotopic (exact) mass is 351 g/mol. The molecule has 0 atom stereocenters. The van der Waals surface area contributed by atoms with Crippen LogP contribution in [-0.2, 0) is 13.6 Å². The Morgan fingerprint density at radius 3 is 2.67 bits per heavy atom. The van der Waals surface area contributed by atoms with E-state index in [0.717, 1.165) is 39.5 Å². The number of hydrogen-bond acceptors (Lipinski definition) is 3. The van der Waals surface area contributed by atoms with Crippen LogP contribution in [0.25, 0.3) is 0 Å². The highest BCUT2D eigenvalue weighted by Gasteiger charge is 2.16. The maximum atomic E-state index is 6.12. The average molecular weight is 352 g/mol. The van der Waals surface area contributed by atoms with Gasteiger partial charge in [-0.05, 0) is 37.6 Å². The third kappa shape index (κ3) is 3.86. The Kier molecular flexibility index (Phi) is 5.06. The van der Waals surface area contributed by atoms with Crippen molar-refractivity contribution in [3.05, 3.63) is 39.5 Å². The van der Waals surface area contributed by atoms with E-state index in [1.807, 2.05) is 39.1 Å². The molecule has 0 saturated heterocycles. The topological polar surface area (TPSA) is 39.1 Å². The Balaban J connectivity index is 2.30. The van der Waals surface area contributed by atoms with Crippen molar-refractivity contribution in [2.45, 2.75) is 40.3 Å². The Hall–Kier alpha value is -1.33. The average Bonchev–Trinajstić information content (AvgIpc) is 2.65. The molecule has 5 heteroatoms. The summed E-state index contributed by atoms with van der Waals surface area (Å²) in [6.45, 7) is 9.06. The van der Waals surface area contributed by atoms with E-state index in [0.29, 0.717) is 6.04 Å². The van der Waals surface area contributed by atoms with Crippen molar-refractivity contribution in [3.8, 4) is 11.6 Å². The van der Waals surface area contributed by atoms with E-state index in [-0.39, 0.29) is 0 Å². The number of nitrogens with zero attached hydrogens (tertiary/aromatic N) is 2. The summed E-state index contributed by atoms with van der Waals surface area (Å²) in [5.41, 5.74) is 3.19. The molecule has 0 aliphatic rings. The molecule has 114 valence electrons. The number of aromatic nitrogens is 2. The van der Waals surface area contributed by atoms with Crippen LogP contribution in [0.2, 0.25) is 0 Å². The molecule has 2 aromatic rings. The molecular formula is C16H22BrN3O. The Labute approximate surface area is 134 Å². The van der Waals surface area contributed by atoms with Crippen LogP contribution in [0.15, 0.2) is 22.7 Å². The van der Waals surface area contributed by atoms with Gasteiger partial charge >= 0.3 is 0 Å². The van der Waals surface area contributed by atoms with Crippen LogP contribution in [0.4, 0.5) is 0 Å². The lowest BCUT2D eigenvalue weighted by molar-refractivity contribution is 0.419. The molecule has 2 rings (SSSR count). The lowest BCUT2D eigenvalue weighted by atomic mass is 10.2. The van der Waals surface area contributed by atoms with E-state index < -0.39 is 0 Å². The summed E-state index contributed by atoms with van der Waals surface area (Å²) in [4.78, 5) is 0. The van der Waals surface area contributed by atoms with E-state index in [9.17, 15) is 0 Å². The molecule has 4 nitrogen and oxygen atoms in total. The highest BCUT2D eigenvalue weighted by Crippen LogP contribution is 2.30. The molecule has 1 heterocycles. The van der Waals surface area contributed by atoms with Gasteiger partial charge in [-0.3, -0.25) is 0 Å². The van der Waals surface area contributed by atoms with Crippen LogP contribution in [0.1, 0.15) is 30.7 Å². The van der Waals surface area contributed by atoms with Crippen molar-refractivity contribution in [3.63, 3.8) is 0 Å². The smallest absolute Gasteiger partial charge is 0.222 e. The summed E-state index contributed by atoms with van der Waals surface area (Å²) in [6.07, 6.45) is 0. The van der Waals surface area contributed by atoms with Crippen molar-refractivity contribution in [1.29, 1.82) is 0 Å². The summed E-state index contributed by atoms with van der Waals surface area (Å²) in [5, 5.41) is 7.90. The van der Waals surface area contributed by atoms with Gasteiger partial charge in [0.2, 0.25) is 5.88 Å². The fraction of sp³-hybridized carbons (Fsp3) is 0.438. The van der Waals surface area contributed by atoms with Gasteiger partial charge in [-0.15, -0.1) is 0 Å². The summed E-state index contributed by atoms with van der Waals surface area (Å²) in [7, 11) is 1.91. The van der Waals surface area contributed by atoms with E-state index in [1.54, 1.807) is 4.68 Å². The number of hydrogen-bond donors (Lipinski definition) is 1. The molecule has 1 N–H and O–H groups in total. The van der Waals surface area contributed by atoms with E-state index in [2.05, 4.69) is 40.2 Å². The maximum absolute atomic E-state index is 6.12. The van der Waals surface area contributed by atoms with Gasteiger partial charge in [-0.2, -0.15) is 5.10 Å². The predicted octanol–water partition coefficient (Wildman–Crippen LogP) is 4.09. The van der Waals surface area contributed by atoms with Crippen LogP contribution < -0.4 is 10.1 Å². The highest BCUT2D eigenvalue weighted by molar-refractivity contribution is 9.10. The Morgan fingerprint density at radius 2 is 2.05 bits per heavy atom. The fourth-order valence-corrected chi connectivity index (χ4v) is 2.63. The fourth-order valence-electron chi connectivity index (χ4n) is 2.15. The van der Waals surface area contributed by atoms with Gasteiger partial charge in [-0.25, -0.2) is 4.68 Å². The molecule has 0 bridgehead atoms. The summed E-state index contributed by atoms with van der Waals surface area (Å²) in [5.74, 6) is 1.65. The van der Waals surface area contributed by atoms with E-state index in [1.165, 1.54) is 0 Å². The molecule has 0 amide bonds.